The van der Waals surface area contributed by atoms with Gasteiger partial charge in [0, 0.05) is 0 Å². The van der Waals surface area contributed by atoms with E-state index in [4.69, 9.17) is 5.11 Å². The average molecular weight is 126 g/mol. The first-order chi connectivity index (χ1) is 4.26. The van der Waals surface area contributed by atoms with Crippen molar-refractivity contribution in [1.82, 2.24) is 0 Å². The molecule has 1 N–H and O–H groups in total. The molecule has 0 aliphatic rings. The van der Waals surface area contributed by atoms with Crippen LogP contribution in [0.4, 0.5) is 0 Å². The molecule has 0 aromatic carbocycles. The number of hydrogen-bond donors (Lipinski definition) is 1. The van der Waals surface area contributed by atoms with Crippen LogP contribution in [0.15, 0.2) is 23.5 Å². The quantitative estimate of drug-likeness (QED) is 0.264. The molecule has 0 atom stereocenters. The zero-order valence-electron chi connectivity index (χ0n) is 5.59. The average Bonchev–Trinajstić information content (AvgIpc) is 1.90. The second kappa shape index (κ2) is 3.89. The van der Waals surface area contributed by atoms with Crippen molar-refractivity contribution in [3.05, 3.63) is 23.5 Å². The zero-order valence-corrected chi connectivity index (χ0v) is 5.59. The van der Waals surface area contributed by atoms with Gasteiger partial charge in [-0.15, -0.1) is 0 Å². The molecular weight excluding hydrogens is 116 g/mol. The van der Waals surface area contributed by atoms with Crippen molar-refractivity contribution in [2.24, 2.45) is 0 Å². The lowest BCUT2D eigenvalue weighted by molar-refractivity contribution is -0.104. The summed E-state index contributed by atoms with van der Waals surface area (Å²) < 4.78 is 0. The monoisotopic (exact) mass is 126 g/mol. The molecule has 0 aromatic rings. The summed E-state index contributed by atoms with van der Waals surface area (Å²) in [5, 5.41) is 8.88. The van der Waals surface area contributed by atoms with E-state index >= 15 is 0 Å². The predicted molar refractivity (Wildman–Crippen MR) is 36.2 cm³/mol. The number of rotatable bonds is 2. The minimum atomic E-state index is 0.0347. The molecule has 0 unspecified atom stereocenters. The molecule has 0 radical (unpaired) electrons. The molecule has 0 spiro atoms. The van der Waals surface area contributed by atoms with Gasteiger partial charge in [0.15, 0.2) is 6.29 Å². The third-order valence-corrected chi connectivity index (χ3v) is 1.01. The van der Waals surface area contributed by atoms with Crippen LogP contribution in [0.2, 0.25) is 0 Å². The van der Waals surface area contributed by atoms with E-state index in [1.807, 2.05) is 0 Å². The van der Waals surface area contributed by atoms with Crippen molar-refractivity contribution in [2.75, 3.05) is 0 Å². The first-order valence-electron chi connectivity index (χ1n) is 2.73. The van der Waals surface area contributed by atoms with Gasteiger partial charge in [-0.3, -0.25) is 4.79 Å². The van der Waals surface area contributed by atoms with Crippen molar-refractivity contribution in [1.29, 1.82) is 0 Å². The normalized spacial score (nSPS) is 13.6. The first-order valence-corrected chi connectivity index (χ1v) is 2.73. The van der Waals surface area contributed by atoms with Crippen molar-refractivity contribution in [3.8, 4) is 0 Å². The lowest BCUT2D eigenvalue weighted by Crippen LogP contribution is -1.87. The van der Waals surface area contributed by atoms with E-state index in [-0.39, 0.29) is 5.76 Å². The van der Waals surface area contributed by atoms with E-state index < -0.39 is 0 Å². The molecule has 0 rings (SSSR count). The van der Waals surface area contributed by atoms with E-state index in [2.05, 4.69) is 0 Å². The van der Waals surface area contributed by atoms with E-state index in [0.29, 0.717) is 11.9 Å². The molecule has 0 aliphatic heterocycles. The summed E-state index contributed by atoms with van der Waals surface area (Å²) in [6.45, 7) is 3.37. The second-order valence-electron chi connectivity index (χ2n) is 1.54. The van der Waals surface area contributed by atoms with Gasteiger partial charge in [-0.2, -0.15) is 0 Å². The SMILES string of the molecule is C/C=C(O)\C(C=O)=C/C. The summed E-state index contributed by atoms with van der Waals surface area (Å²) >= 11 is 0. The van der Waals surface area contributed by atoms with Crippen molar-refractivity contribution in [2.45, 2.75) is 13.8 Å². The van der Waals surface area contributed by atoms with Gasteiger partial charge >= 0.3 is 0 Å². The molecule has 0 aromatic heterocycles. The number of carbonyl (C=O) groups excluding carboxylic acids is 1. The third kappa shape index (κ3) is 2.13. The van der Waals surface area contributed by atoms with Crippen molar-refractivity contribution >= 4 is 6.29 Å². The van der Waals surface area contributed by atoms with Crippen LogP contribution in [0.1, 0.15) is 13.8 Å². The van der Waals surface area contributed by atoms with Gasteiger partial charge in [0.2, 0.25) is 0 Å². The molecule has 0 saturated heterocycles. The minimum Gasteiger partial charge on any atom is -0.508 e. The van der Waals surface area contributed by atoms with E-state index in [0.717, 1.165) is 0 Å². The molecule has 0 fully saturated rings. The minimum absolute atomic E-state index is 0.0347. The van der Waals surface area contributed by atoms with Crippen LogP contribution in [-0.2, 0) is 4.79 Å². The zero-order chi connectivity index (χ0) is 7.28. The summed E-state index contributed by atoms with van der Waals surface area (Å²) in [4.78, 5) is 10.1. The number of hydrogen-bond acceptors (Lipinski definition) is 2. The summed E-state index contributed by atoms with van der Waals surface area (Å²) in [5.41, 5.74) is 0.331. The standard InChI is InChI=1S/C7H10O2/c1-3-6(5-8)7(9)4-2/h3-5,9H,1-2H3/b6-3-,7-4+. The Kier molecular flexibility index (Phi) is 3.44. The van der Waals surface area contributed by atoms with E-state index in [1.165, 1.54) is 6.08 Å². The van der Waals surface area contributed by atoms with E-state index in [1.54, 1.807) is 19.9 Å². The third-order valence-electron chi connectivity index (χ3n) is 1.01. The van der Waals surface area contributed by atoms with Crippen LogP contribution in [0.5, 0.6) is 0 Å². The van der Waals surface area contributed by atoms with Gasteiger partial charge in [-0.05, 0) is 19.9 Å². The van der Waals surface area contributed by atoms with Gasteiger partial charge in [0.05, 0.1) is 5.57 Å². The van der Waals surface area contributed by atoms with Crippen LogP contribution in [0.25, 0.3) is 0 Å². The Balaban J connectivity index is 4.32. The molecule has 50 valence electrons. The van der Waals surface area contributed by atoms with Crippen molar-refractivity contribution < 1.29 is 9.90 Å². The van der Waals surface area contributed by atoms with Gasteiger partial charge < -0.3 is 5.11 Å². The van der Waals surface area contributed by atoms with Crippen molar-refractivity contribution in [3.63, 3.8) is 0 Å². The topological polar surface area (TPSA) is 37.3 Å². The Morgan fingerprint density at radius 2 is 1.89 bits per heavy atom. The fraction of sp³-hybridized carbons (Fsp3) is 0.286. The van der Waals surface area contributed by atoms with Gasteiger partial charge in [-0.1, -0.05) is 6.08 Å². The lowest BCUT2D eigenvalue weighted by Gasteiger charge is -1.92. The highest BCUT2D eigenvalue weighted by atomic mass is 16.3. The summed E-state index contributed by atoms with van der Waals surface area (Å²) in [5.74, 6) is 0.0347. The van der Waals surface area contributed by atoms with Gasteiger partial charge in [0.25, 0.3) is 0 Å². The second-order valence-corrected chi connectivity index (χ2v) is 1.54. The fourth-order valence-electron chi connectivity index (χ4n) is 0.443. The number of allylic oxidation sites excluding steroid dienone is 3. The Morgan fingerprint density at radius 1 is 1.33 bits per heavy atom. The van der Waals surface area contributed by atoms with Crippen LogP contribution in [0.3, 0.4) is 0 Å². The predicted octanol–water partition coefficient (Wildman–Crippen LogP) is 1.59. The molecule has 0 amide bonds. The maximum absolute atomic E-state index is 10.1. The molecule has 0 saturated carbocycles. The molecular formula is C7H10O2. The summed E-state index contributed by atoms with van der Waals surface area (Å²) in [7, 11) is 0. The maximum atomic E-state index is 10.1. The molecule has 0 aliphatic carbocycles. The number of carbonyl (C=O) groups is 1. The first kappa shape index (κ1) is 7.95. The summed E-state index contributed by atoms with van der Waals surface area (Å²) in [6, 6.07) is 0. The molecule has 2 nitrogen and oxygen atoms in total. The van der Waals surface area contributed by atoms with Crippen LogP contribution >= 0.6 is 0 Å². The van der Waals surface area contributed by atoms with Crippen LogP contribution in [-0.4, -0.2) is 11.4 Å². The largest absolute Gasteiger partial charge is 0.508 e. The number of aldehydes is 1. The molecule has 2 heteroatoms. The van der Waals surface area contributed by atoms with Crippen LogP contribution in [0, 0.1) is 0 Å². The van der Waals surface area contributed by atoms with E-state index in [9.17, 15) is 4.79 Å². The highest BCUT2D eigenvalue weighted by Gasteiger charge is 1.95. The highest BCUT2D eigenvalue weighted by Crippen LogP contribution is 2.00. The fourth-order valence-corrected chi connectivity index (χ4v) is 0.443. The number of aliphatic hydroxyl groups excluding tert-OH is 1. The maximum Gasteiger partial charge on any atom is 0.153 e. The molecule has 9 heavy (non-hydrogen) atoms. The van der Waals surface area contributed by atoms with Gasteiger partial charge in [-0.25, -0.2) is 0 Å². The Morgan fingerprint density at radius 3 is 2.00 bits per heavy atom. The number of aliphatic hydroxyl groups is 1. The highest BCUT2D eigenvalue weighted by molar-refractivity contribution is 5.78. The van der Waals surface area contributed by atoms with Gasteiger partial charge in [0.1, 0.15) is 5.76 Å². The Labute approximate surface area is 54.5 Å². The summed E-state index contributed by atoms with van der Waals surface area (Å²) in [6.07, 6.45) is 3.65. The molecule has 0 heterocycles. The molecule has 0 bridgehead atoms. The van der Waals surface area contributed by atoms with Crippen LogP contribution < -0.4 is 0 Å². The smallest absolute Gasteiger partial charge is 0.153 e. The Hall–Kier alpha value is -1.05. The lowest BCUT2D eigenvalue weighted by atomic mass is 10.2. The Bertz CT molecular complexity index is 154.